The van der Waals surface area contributed by atoms with Crippen LogP contribution in [0.25, 0.3) is 0 Å². The predicted octanol–water partition coefficient (Wildman–Crippen LogP) is 3.74. The molecule has 0 spiro atoms. The first-order valence-corrected chi connectivity index (χ1v) is 6.86. The largest absolute Gasteiger partial charge is 0.355 e. The molecular weight excluding hydrogens is 196 g/mol. The maximum Gasteiger partial charge on any atom is 0.110 e. The van der Waals surface area contributed by atoms with Crippen molar-refractivity contribution in [2.24, 2.45) is 4.99 Å². The van der Waals surface area contributed by atoms with Crippen molar-refractivity contribution >= 4 is 6.21 Å². The fourth-order valence-corrected chi connectivity index (χ4v) is 2.68. The summed E-state index contributed by atoms with van der Waals surface area (Å²) in [6, 6.07) is 0.767. The Balaban J connectivity index is 1.89. The van der Waals surface area contributed by atoms with Gasteiger partial charge in [-0.2, -0.15) is 0 Å². The predicted molar refractivity (Wildman–Crippen MR) is 69.7 cm³/mol. The highest BCUT2D eigenvalue weighted by molar-refractivity contribution is 5.78. The molecule has 1 heterocycles. The molecule has 1 fully saturated rings. The molecule has 90 valence electrons. The summed E-state index contributed by atoms with van der Waals surface area (Å²) in [5.41, 5.74) is 1.43. The highest BCUT2D eigenvalue weighted by atomic mass is 15.2. The van der Waals surface area contributed by atoms with Gasteiger partial charge in [0, 0.05) is 18.5 Å². The molecular formula is C14H24N2. The summed E-state index contributed by atoms with van der Waals surface area (Å²) in [6.45, 7) is 3.14. The molecule has 0 atom stereocenters. The van der Waals surface area contributed by atoms with E-state index in [9.17, 15) is 0 Å². The lowest BCUT2D eigenvalue weighted by Gasteiger charge is -2.34. The minimum Gasteiger partial charge on any atom is -0.355 e. The fraction of sp³-hybridized carbons (Fsp3) is 0.786. The van der Waals surface area contributed by atoms with Crippen molar-refractivity contribution in [2.75, 3.05) is 6.67 Å². The average Bonchev–Trinajstić information content (AvgIpc) is 2.38. The van der Waals surface area contributed by atoms with Crippen LogP contribution < -0.4 is 0 Å². The number of nitrogens with zero attached hydrogens (tertiary/aromatic N) is 2. The van der Waals surface area contributed by atoms with Gasteiger partial charge >= 0.3 is 0 Å². The number of allylic oxidation sites excluding steroid dienone is 1. The second-order valence-corrected chi connectivity index (χ2v) is 5.07. The summed E-state index contributed by atoms with van der Waals surface area (Å²) >= 11 is 0. The van der Waals surface area contributed by atoms with Crippen molar-refractivity contribution in [3.05, 3.63) is 11.8 Å². The first-order valence-electron chi connectivity index (χ1n) is 6.86. The second-order valence-electron chi connectivity index (χ2n) is 5.07. The van der Waals surface area contributed by atoms with Gasteiger partial charge in [0.05, 0.1) is 0 Å². The van der Waals surface area contributed by atoms with E-state index in [0.29, 0.717) is 0 Å². The number of unbranched alkanes of at least 4 members (excludes halogenated alkanes) is 1. The van der Waals surface area contributed by atoms with Gasteiger partial charge in [-0.15, -0.1) is 0 Å². The van der Waals surface area contributed by atoms with Crippen LogP contribution in [0.4, 0.5) is 0 Å². The molecule has 1 saturated carbocycles. The minimum absolute atomic E-state index is 0.767. The Bertz CT molecular complexity index is 262. The van der Waals surface area contributed by atoms with Gasteiger partial charge in [-0.3, -0.25) is 4.99 Å². The van der Waals surface area contributed by atoms with Crippen LogP contribution in [0.5, 0.6) is 0 Å². The number of aliphatic imine (C=N–C) groups is 1. The SMILES string of the molecule is CCCCC1=CN(C2CCCCC2)CN=C1. The normalized spacial score (nSPS) is 22.3. The van der Waals surface area contributed by atoms with E-state index in [1.807, 2.05) is 0 Å². The third-order valence-electron chi connectivity index (χ3n) is 3.70. The van der Waals surface area contributed by atoms with E-state index >= 15 is 0 Å². The number of hydrogen-bond acceptors (Lipinski definition) is 2. The maximum atomic E-state index is 4.50. The molecule has 0 aromatic rings. The molecule has 0 unspecified atom stereocenters. The Morgan fingerprint density at radius 1 is 1.31 bits per heavy atom. The summed E-state index contributed by atoms with van der Waals surface area (Å²) in [5.74, 6) is 0. The first kappa shape index (κ1) is 11.7. The minimum atomic E-state index is 0.767. The van der Waals surface area contributed by atoms with Gasteiger partial charge in [-0.1, -0.05) is 32.6 Å². The van der Waals surface area contributed by atoms with Crippen molar-refractivity contribution in [3.8, 4) is 0 Å². The van der Waals surface area contributed by atoms with Crippen molar-refractivity contribution in [1.29, 1.82) is 0 Å². The Morgan fingerprint density at radius 2 is 2.12 bits per heavy atom. The van der Waals surface area contributed by atoms with Crippen molar-refractivity contribution in [3.63, 3.8) is 0 Å². The number of hydrogen-bond donors (Lipinski definition) is 0. The molecule has 16 heavy (non-hydrogen) atoms. The molecule has 1 aliphatic carbocycles. The van der Waals surface area contributed by atoms with E-state index in [2.05, 4.69) is 29.2 Å². The third kappa shape index (κ3) is 3.10. The monoisotopic (exact) mass is 220 g/mol. The lowest BCUT2D eigenvalue weighted by Crippen LogP contribution is -2.34. The summed E-state index contributed by atoms with van der Waals surface area (Å²) in [7, 11) is 0. The molecule has 0 N–H and O–H groups in total. The van der Waals surface area contributed by atoms with Gasteiger partial charge in [0.25, 0.3) is 0 Å². The van der Waals surface area contributed by atoms with Crippen LogP contribution in [0.3, 0.4) is 0 Å². The van der Waals surface area contributed by atoms with Crippen LogP contribution in [-0.4, -0.2) is 23.8 Å². The summed E-state index contributed by atoms with van der Waals surface area (Å²) < 4.78 is 0. The Hall–Kier alpha value is -0.790. The van der Waals surface area contributed by atoms with E-state index in [1.54, 1.807) is 0 Å². The molecule has 2 rings (SSSR count). The highest BCUT2D eigenvalue weighted by Gasteiger charge is 2.19. The van der Waals surface area contributed by atoms with Gasteiger partial charge in [-0.25, -0.2) is 0 Å². The molecule has 0 bridgehead atoms. The van der Waals surface area contributed by atoms with Crippen LogP contribution in [0.1, 0.15) is 58.3 Å². The topological polar surface area (TPSA) is 15.6 Å². The molecule has 2 heteroatoms. The van der Waals surface area contributed by atoms with E-state index in [0.717, 1.165) is 12.7 Å². The summed E-state index contributed by atoms with van der Waals surface area (Å²) in [4.78, 5) is 6.98. The van der Waals surface area contributed by atoms with Gasteiger partial charge in [-0.05, 0) is 31.3 Å². The van der Waals surface area contributed by atoms with Crippen LogP contribution >= 0.6 is 0 Å². The van der Waals surface area contributed by atoms with Gasteiger partial charge in [0.15, 0.2) is 0 Å². The standard InChI is InChI=1S/C14H24N2/c1-2-3-7-13-10-15-12-16(11-13)14-8-5-4-6-9-14/h10-11,14H,2-9,12H2,1H3. The summed E-state index contributed by atoms with van der Waals surface area (Å²) in [5, 5.41) is 0. The Labute approximate surface area is 99.4 Å². The average molecular weight is 220 g/mol. The van der Waals surface area contributed by atoms with Crippen LogP contribution in [0.15, 0.2) is 16.8 Å². The molecule has 0 amide bonds. The molecule has 2 aliphatic rings. The molecule has 0 aromatic heterocycles. The lowest BCUT2D eigenvalue weighted by atomic mass is 9.94. The molecule has 1 aliphatic heterocycles. The Morgan fingerprint density at radius 3 is 2.88 bits per heavy atom. The second kappa shape index (κ2) is 6.07. The maximum absolute atomic E-state index is 4.50. The lowest BCUT2D eigenvalue weighted by molar-refractivity contribution is 0.220. The van der Waals surface area contributed by atoms with Crippen molar-refractivity contribution < 1.29 is 0 Å². The van der Waals surface area contributed by atoms with Crippen molar-refractivity contribution in [1.82, 2.24) is 4.90 Å². The van der Waals surface area contributed by atoms with Crippen molar-refractivity contribution in [2.45, 2.75) is 64.3 Å². The van der Waals surface area contributed by atoms with E-state index < -0.39 is 0 Å². The van der Waals surface area contributed by atoms with Gasteiger partial charge < -0.3 is 4.90 Å². The smallest absolute Gasteiger partial charge is 0.110 e. The molecule has 0 saturated heterocycles. The van der Waals surface area contributed by atoms with E-state index in [1.165, 1.54) is 56.9 Å². The highest BCUT2D eigenvalue weighted by Crippen LogP contribution is 2.24. The van der Waals surface area contributed by atoms with Crippen LogP contribution in [-0.2, 0) is 0 Å². The zero-order valence-corrected chi connectivity index (χ0v) is 10.5. The Kier molecular flexibility index (Phi) is 4.44. The van der Waals surface area contributed by atoms with E-state index in [4.69, 9.17) is 0 Å². The zero-order chi connectivity index (χ0) is 11.2. The zero-order valence-electron chi connectivity index (χ0n) is 10.5. The molecule has 0 aromatic carbocycles. The fourth-order valence-electron chi connectivity index (χ4n) is 2.68. The molecule has 2 nitrogen and oxygen atoms in total. The van der Waals surface area contributed by atoms with E-state index in [-0.39, 0.29) is 0 Å². The molecule has 0 radical (unpaired) electrons. The first-order chi connectivity index (χ1) is 7.90. The van der Waals surface area contributed by atoms with Crippen LogP contribution in [0.2, 0.25) is 0 Å². The quantitative estimate of drug-likeness (QED) is 0.704. The van der Waals surface area contributed by atoms with Crippen LogP contribution in [0, 0.1) is 0 Å². The van der Waals surface area contributed by atoms with Gasteiger partial charge in [0.1, 0.15) is 6.67 Å². The summed E-state index contributed by atoms with van der Waals surface area (Å²) in [6.07, 6.45) is 15.2. The van der Waals surface area contributed by atoms with Gasteiger partial charge in [0.2, 0.25) is 0 Å². The third-order valence-corrected chi connectivity index (χ3v) is 3.70. The number of rotatable bonds is 4.